The number of pyridine rings is 1. The number of alkyl halides is 1. The van der Waals surface area contributed by atoms with E-state index in [1.807, 2.05) is 19.1 Å². The summed E-state index contributed by atoms with van der Waals surface area (Å²) in [6.45, 7) is 14.7. The maximum Gasteiger partial charge on any atom is 0.315 e. The Kier molecular flexibility index (Phi) is 6.01. The van der Waals surface area contributed by atoms with E-state index in [2.05, 4.69) is 54.6 Å². The van der Waals surface area contributed by atoms with Crippen LogP contribution in [0.1, 0.15) is 59.1 Å². The molecule has 0 aliphatic rings. The number of aromatic nitrogens is 3. The Morgan fingerprint density at radius 1 is 1.03 bits per heavy atom. The molecular weight excluding hydrogens is 381 g/mol. The molecule has 0 saturated heterocycles. The molecule has 0 bridgehead atoms. The summed E-state index contributed by atoms with van der Waals surface area (Å²) in [7, 11) is 0. The van der Waals surface area contributed by atoms with Crippen LogP contribution in [0.3, 0.4) is 0 Å². The van der Waals surface area contributed by atoms with Crippen LogP contribution in [-0.4, -0.2) is 33.9 Å². The zero-order chi connectivity index (χ0) is 22.1. The first-order valence-corrected chi connectivity index (χ1v) is 10.4. The minimum absolute atomic E-state index is 0.151. The Morgan fingerprint density at radius 3 is 2.40 bits per heavy atom. The number of aryl methyl sites for hydroxylation is 1. The Hall–Kier alpha value is -2.70. The second-order valence-electron chi connectivity index (χ2n) is 9.41. The van der Waals surface area contributed by atoms with Crippen LogP contribution in [0.4, 0.5) is 16.1 Å². The minimum atomic E-state index is -1.30. The Labute approximate surface area is 177 Å². The van der Waals surface area contributed by atoms with Crippen molar-refractivity contribution in [1.82, 2.24) is 15.2 Å². The average Bonchev–Trinajstić information content (AvgIpc) is 3.12. The number of hydrogen-bond acceptors (Lipinski definition) is 6. The van der Waals surface area contributed by atoms with Crippen LogP contribution in [0.15, 0.2) is 22.6 Å². The molecule has 1 aromatic carbocycles. The summed E-state index contributed by atoms with van der Waals surface area (Å²) in [4.78, 5) is 4.89. The van der Waals surface area contributed by atoms with Crippen molar-refractivity contribution in [2.24, 2.45) is 0 Å². The molecule has 6 nitrogen and oxygen atoms in total. The van der Waals surface area contributed by atoms with Crippen LogP contribution in [0, 0.1) is 6.92 Å². The van der Waals surface area contributed by atoms with Gasteiger partial charge in [-0.3, -0.25) is 0 Å². The molecular formula is C23H32FN5O. The zero-order valence-corrected chi connectivity index (χ0v) is 19.0. The Morgan fingerprint density at radius 2 is 1.77 bits per heavy atom. The molecule has 0 unspecified atom stereocenters. The van der Waals surface area contributed by atoms with Crippen molar-refractivity contribution in [3.8, 4) is 11.6 Å². The van der Waals surface area contributed by atoms with Crippen LogP contribution < -0.4 is 10.6 Å². The van der Waals surface area contributed by atoms with E-state index >= 15 is 0 Å². The number of anilines is 2. The highest BCUT2D eigenvalue weighted by molar-refractivity contribution is 5.90. The van der Waals surface area contributed by atoms with Crippen molar-refractivity contribution < 1.29 is 8.81 Å². The van der Waals surface area contributed by atoms with E-state index in [0.717, 1.165) is 40.7 Å². The SMILES string of the molecule is CCCNc1nnc(-c2cc(C)c3cc(NCC(C)(C)F)cc(C(C)(C)C)c3n2)o1. The van der Waals surface area contributed by atoms with Crippen LogP contribution in [0.2, 0.25) is 0 Å². The number of benzene rings is 1. The number of halogens is 1. The lowest BCUT2D eigenvalue weighted by atomic mass is 9.84. The largest absolute Gasteiger partial charge is 0.402 e. The number of hydrogen-bond donors (Lipinski definition) is 2. The van der Waals surface area contributed by atoms with Gasteiger partial charge in [0.2, 0.25) is 0 Å². The van der Waals surface area contributed by atoms with Crippen LogP contribution in [0.25, 0.3) is 22.5 Å². The molecule has 2 N–H and O–H groups in total. The fourth-order valence-electron chi connectivity index (χ4n) is 3.22. The number of rotatable bonds is 7. The highest BCUT2D eigenvalue weighted by atomic mass is 19.1. The van der Waals surface area contributed by atoms with Gasteiger partial charge >= 0.3 is 6.01 Å². The van der Waals surface area contributed by atoms with Crippen molar-refractivity contribution in [1.29, 1.82) is 0 Å². The van der Waals surface area contributed by atoms with Crippen molar-refractivity contribution in [3.63, 3.8) is 0 Å². The minimum Gasteiger partial charge on any atom is -0.402 e. The van der Waals surface area contributed by atoms with Gasteiger partial charge in [0.1, 0.15) is 11.4 Å². The molecule has 0 aliphatic carbocycles. The highest BCUT2D eigenvalue weighted by Crippen LogP contribution is 2.35. The molecule has 0 radical (unpaired) electrons. The van der Waals surface area contributed by atoms with Crippen LogP contribution >= 0.6 is 0 Å². The third-order valence-corrected chi connectivity index (χ3v) is 4.81. The highest BCUT2D eigenvalue weighted by Gasteiger charge is 2.22. The molecule has 0 atom stereocenters. The molecule has 7 heteroatoms. The summed E-state index contributed by atoms with van der Waals surface area (Å²) in [5, 5.41) is 15.6. The van der Waals surface area contributed by atoms with Gasteiger partial charge in [0.05, 0.1) is 5.52 Å². The molecule has 30 heavy (non-hydrogen) atoms. The topological polar surface area (TPSA) is 75.9 Å². The van der Waals surface area contributed by atoms with E-state index in [9.17, 15) is 4.39 Å². The van der Waals surface area contributed by atoms with Gasteiger partial charge in [-0.05, 0) is 61.9 Å². The maximum absolute atomic E-state index is 14.0. The van der Waals surface area contributed by atoms with Gasteiger partial charge in [-0.2, -0.15) is 0 Å². The lowest BCUT2D eigenvalue weighted by Crippen LogP contribution is -2.24. The van der Waals surface area contributed by atoms with Crippen molar-refractivity contribution in [2.75, 3.05) is 23.7 Å². The smallest absolute Gasteiger partial charge is 0.315 e. The molecule has 162 valence electrons. The summed E-state index contributed by atoms with van der Waals surface area (Å²) >= 11 is 0. The van der Waals surface area contributed by atoms with Crippen LogP contribution in [-0.2, 0) is 5.41 Å². The third-order valence-electron chi connectivity index (χ3n) is 4.81. The monoisotopic (exact) mass is 413 g/mol. The molecule has 0 fully saturated rings. The molecule has 0 spiro atoms. The van der Waals surface area contributed by atoms with Gasteiger partial charge in [-0.15, -0.1) is 5.10 Å². The van der Waals surface area contributed by atoms with E-state index < -0.39 is 5.67 Å². The lowest BCUT2D eigenvalue weighted by Gasteiger charge is -2.24. The second-order valence-corrected chi connectivity index (χ2v) is 9.41. The molecule has 3 rings (SSSR count). The summed E-state index contributed by atoms with van der Waals surface area (Å²) in [5.41, 5.74) is 3.10. The Balaban J connectivity index is 2.09. The van der Waals surface area contributed by atoms with Gasteiger partial charge in [0.25, 0.3) is 5.89 Å². The van der Waals surface area contributed by atoms with E-state index in [0.29, 0.717) is 17.6 Å². The zero-order valence-electron chi connectivity index (χ0n) is 19.0. The molecule has 0 aliphatic heterocycles. The quantitative estimate of drug-likeness (QED) is 0.504. The first-order chi connectivity index (χ1) is 14.0. The number of nitrogens with one attached hydrogen (secondary N) is 2. The lowest BCUT2D eigenvalue weighted by molar-refractivity contribution is 0.235. The molecule has 3 aromatic rings. The van der Waals surface area contributed by atoms with Gasteiger partial charge < -0.3 is 15.1 Å². The molecule has 0 saturated carbocycles. The van der Waals surface area contributed by atoms with E-state index in [1.54, 1.807) is 13.8 Å². The third kappa shape index (κ3) is 5.07. The molecule has 2 heterocycles. The summed E-state index contributed by atoms with van der Waals surface area (Å²) < 4.78 is 19.8. The summed E-state index contributed by atoms with van der Waals surface area (Å²) in [5.74, 6) is 0.389. The fraction of sp³-hybridized carbons (Fsp3) is 0.522. The predicted octanol–water partition coefficient (Wildman–Crippen LogP) is 5.87. The standard InChI is InChI=1S/C23H32FN5O/c1-8-9-25-21-29-28-20(30-21)18-10-14(2)16-11-15(26-13-23(6,7)24)12-17(19(16)27-18)22(3,4)5/h10-12,26H,8-9,13H2,1-7H3,(H,25,29). The molecule has 0 amide bonds. The normalized spacial score (nSPS) is 12.4. The maximum atomic E-state index is 14.0. The van der Waals surface area contributed by atoms with E-state index in [4.69, 9.17) is 9.40 Å². The van der Waals surface area contributed by atoms with Crippen LogP contribution in [0.5, 0.6) is 0 Å². The van der Waals surface area contributed by atoms with Crippen molar-refractivity contribution in [3.05, 3.63) is 29.3 Å². The fourth-order valence-corrected chi connectivity index (χ4v) is 3.22. The second kappa shape index (κ2) is 8.20. The first kappa shape index (κ1) is 22.0. The number of nitrogens with zero attached hydrogens (tertiary/aromatic N) is 3. The molecule has 2 aromatic heterocycles. The van der Waals surface area contributed by atoms with E-state index in [1.165, 1.54) is 0 Å². The van der Waals surface area contributed by atoms with Gasteiger partial charge in [0.15, 0.2) is 0 Å². The van der Waals surface area contributed by atoms with E-state index in [-0.39, 0.29) is 12.0 Å². The number of fused-ring (bicyclic) bond motifs is 1. The van der Waals surface area contributed by atoms with Crippen molar-refractivity contribution in [2.45, 2.75) is 66.0 Å². The summed E-state index contributed by atoms with van der Waals surface area (Å²) in [6, 6.07) is 6.45. The summed E-state index contributed by atoms with van der Waals surface area (Å²) in [6.07, 6.45) is 0.968. The first-order valence-electron chi connectivity index (χ1n) is 10.4. The predicted molar refractivity (Wildman–Crippen MR) is 121 cm³/mol. The van der Waals surface area contributed by atoms with Crippen molar-refractivity contribution >= 4 is 22.6 Å². The average molecular weight is 414 g/mol. The Bertz CT molecular complexity index is 1030. The van der Waals surface area contributed by atoms with Gasteiger partial charge in [0, 0.05) is 24.2 Å². The van der Waals surface area contributed by atoms with Gasteiger partial charge in [-0.25, -0.2) is 9.37 Å². The van der Waals surface area contributed by atoms with Gasteiger partial charge in [-0.1, -0.05) is 32.8 Å².